The van der Waals surface area contributed by atoms with E-state index in [0.29, 0.717) is 43.1 Å². The molecule has 3 aliphatic rings. The van der Waals surface area contributed by atoms with Crippen molar-refractivity contribution in [1.29, 1.82) is 0 Å². The fraction of sp³-hybridized carbons (Fsp3) is 0.516. The van der Waals surface area contributed by atoms with E-state index < -0.39 is 12.1 Å². The molecule has 2 fully saturated rings. The molecule has 0 spiro atoms. The first-order valence-corrected chi connectivity index (χ1v) is 16.0. The van der Waals surface area contributed by atoms with Crippen molar-refractivity contribution >= 4 is 29.1 Å². The quantitative estimate of drug-likeness (QED) is 0.391. The molecule has 5 heterocycles. The Kier molecular flexibility index (Phi) is 9.89. The van der Waals surface area contributed by atoms with Crippen LogP contribution in [0, 0.1) is 5.92 Å². The molecule has 1 atom stereocenters. The Morgan fingerprint density at radius 3 is 2.33 bits per heavy atom. The number of aliphatic carboxylic acids is 1. The van der Waals surface area contributed by atoms with Crippen molar-refractivity contribution in [1.82, 2.24) is 24.3 Å². The third kappa shape index (κ3) is 6.98. The molecular formula is C31H36F3N5O6S. The highest BCUT2D eigenvalue weighted by Crippen LogP contribution is 2.40. The smallest absolute Gasteiger partial charge is 0.490 e. The molecule has 0 aliphatic carbocycles. The van der Waals surface area contributed by atoms with Gasteiger partial charge in [0.15, 0.2) is 23.0 Å². The molecule has 6 rings (SSSR count). The number of nitrogens with zero attached hydrogens (tertiary/aromatic N) is 5. The fourth-order valence-electron chi connectivity index (χ4n) is 5.86. The Bertz CT molecular complexity index is 1590. The molecule has 2 saturated heterocycles. The van der Waals surface area contributed by atoms with Crippen LogP contribution in [0.4, 0.5) is 13.2 Å². The number of likely N-dealkylation sites (tertiary alicyclic amines) is 2. The van der Waals surface area contributed by atoms with Crippen LogP contribution in [0.2, 0.25) is 0 Å². The van der Waals surface area contributed by atoms with Crippen molar-refractivity contribution < 1.29 is 42.1 Å². The third-order valence-electron chi connectivity index (χ3n) is 8.20. The summed E-state index contributed by atoms with van der Waals surface area (Å²) in [6, 6.07) is 4.05. The molecule has 46 heavy (non-hydrogen) atoms. The second-order valence-electron chi connectivity index (χ2n) is 11.6. The summed E-state index contributed by atoms with van der Waals surface area (Å²) in [5, 5.41) is 7.12. The van der Waals surface area contributed by atoms with Gasteiger partial charge in [0.1, 0.15) is 0 Å². The summed E-state index contributed by atoms with van der Waals surface area (Å²) in [5.74, 6) is -0.454. The molecule has 248 valence electrons. The van der Waals surface area contributed by atoms with Crippen LogP contribution < -0.4 is 9.47 Å². The number of carbonyl (C=O) groups is 3. The minimum Gasteiger partial charge on any atom is -0.493 e. The molecule has 3 aliphatic heterocycles. The highest BCUT2D eigenvalue weighted by atomic mass is 32.1. The van der Waals surface area contributed by atoms with Gasteiger partial charge in [0.25, 0.3) is 5.91 Å². The van der Waals surface area contributed by atoms with Gasteiger partial charge in [-0.2, -0.15) is 13.2 Å². The van der Waals surface area contributed by atoms with Crippen LogP contribution in [-0.2, 0) is 22.4 Å². The van der Waals surface area contributed by atoms with E-state index in [2.05, 4.69) is 9.55 Å². The first-order chi connectivity index (χ1) is 21.9. The van der Waals surface area contributed by atoms with Gasteiger partial charge >= 0.3 is 12.1 Å². The number of carboxylic acids is 1. The summed E-state index contributed by atoms with van der Waals surface area (Å²) in [6.07, 6.45) is 1.63. The number of ether oxygens (including phenoxy) is 2. The zero-order chi connectivity index (χ0) is 33.2. The van der Waals surface area contributed by atoms with Crippen molar-refractivity contribution in [2.24, 2.45) is 5.92 Å². The molecule has 2 amide bonds. The maximum atomic E-state index is 14.0. The van der Waals surface area contributed by atoms with E-state index in [0.717, 1.165) is 66.4 Å². The molecule has 15 heteroatoms. The predicted octanol–water partition coefficient (Wildman–Crippen LogP) is 5.00. The van der Waals surface area contributed by atoms with Crippen LogP contribution in [0.25, 0.3) is 16.4 Å². The lowest BCUT2D eigenvalue weighted by Gasteiger charge is -2.34. The van der Waals surface area contributed by atoms with Crippen LogP contribution in [0.5, 0.6) is 11.5 Å². The highest BCUT2D eigenvalue weighted by molar-refractivity contribution is 7.13. The SMILES string of the molecule is COc1cc2c(cc1OC(C)C)-n1c(-c3cncs3)nc(C(=O)N3CCCC(C(=O)N4CCC4)CC3)c1CC2.O=C(O)C(F)(F)F. The molecule has 0 radical (unpaired) electrons. The summed E-state index contributed by atoms with van der Waals surface area (Å²) in [5.41, 5.74) is 5.28. The molecule has 0 saturated carbocycles. The van der Waals surface area contributed by atoms with Gasteiger partial charge in [0.2, 0.25) is 5.91 Å². The number of alkyl halides is 3. The Balaban J connectivity index is 0.000000537. The van der Waals surface area contributed by atoms with E-state index in [1.54, 1.807) is 18.8 Å². The van der Waals surface area contributed by atoms with Crippen molar-refractivity contribution in [2.45, 2.75) is 64.7 Å². The van der Waals surface area contributed by atoms with E-state index >= 15 is 0 Å². The summed E-state index contributed by atoms with van der Waals surface area (Å²) in [4.78, 5) is 49.8. The first kappa shape index (κ1) is 33.2. The lowest BCUT2D eigenvalue weighted by atomic mass is 9.97. The number of aromatic nitrogens is 3. The first-order valence-electron chi connectivity index (χ1n) is 15.2. The second-order valence-corrected chi connectivity index (χ2v) is 12.5. The normalized spacial score (nSPS) is 17.6. The van der Waals surface area contributed by atoms with Gasteiger partial charge in [0, 0.05) is 44.4 Å². The number of aryl methyl sites for hydroxylation is 1. The maximum Gasteiger partial charge on any atom is 0.490 e. The number of fused-ring (bicyclic) bond motifs is 3. The summed E-state index contributed by atoms with van der Waals surface area (Å²) in [6.45, 7) is 6.94. The second kappa shape index (κ2) is 13.7. The largest absolute Gasteiger partial charge is 0.493 e. The van der Waals surface area contributed by atoms with Gasteiger partial charge in [-0.1, -0.05) is 0 Å². The van der Waals surface area contributed by atoms with Gasteiger partial charge in [-0.05, 0) is 64.0 Å². The number of carboxylic acid groups (broad SMARTS) is 1. The van der Waals surface area contributed by atoms with Crippen molar-refractivity contribution in [2.75, 3.05) is 33.3 Å². The van der Waals surface area contributed by atoms with Gasteiger partial charge < -0.3 is 24.4 Å². The lowest BCUT2D eigenvalue weighted by molar-refractivity contribution is -0.192. The standard InChI is InChI=1S/C29H35N5O4S.C2HF3O2/c1-18(2)38-24-15-22-20(14-23(24)37-3)7-8-21-26(31-27(34(21)22)25-16-30-17-39-25)29(36)33-10-4-6-19(9-13-33)28(35)32-11-5-12-32;3-2(4,5)1(6)7/h14-19H,4-13H2,1-3H3;(H,6,7). The number of carbonyl (C=O) groups excluding carboxylic acids is 2. The molecule has 2 aromatic heterocycles. The number of thiazole rings is 1. The Labute approximate surface area is 267 Å². The lowest BCUT2D eigenvalue weighted by Crippen LogP contribution is -2.45. The number of benzene rings is 1. The zero-order valence-electron chi connectivity index (χ0n) is 25.8. The maximum absolute atomic E-state index is 14.0. The number of methoxy groups -OCH3 is 1. The topological polar surface area (TPSA) is 127 Å². The van der Waals surface area contributed by atoms with Crippen LogP contribution >= 0.6 is 11.3 Å². The minimum absolute atomic E-state index is 0.00741. The van der Waals surface area contributed by atoms with E-state index in [1.807, 2.05) is 35.8 Å². The van der Waals surface area contributed by atoms with Crippen LogP contribution in [0.3, 0.4) is 0 Å². The van der Waals surface area contributed by atoms with Crippen LogP contribution in [0.15, 0.2) is 23.8 Å². The zero-order valence-corrected chi connectivity index (χ0v) is 26.6. The molecule has 11 nitrogen and oxygen atoms in total. The van der Waals surface area contributed by atoms with Crippen molar-refractivity contribution in [3.63, 3.8) is 0 Å². The van der Waals surface area contributed by atoms with E-state index in [1.165, 1.54) is 11.3 Å². The average molecular weight is 664 g/mol. The monoisotopic (exact) mass is 663 g/mol. The van der Waals surface area contributed by atoms with E-state index in [4.69, 9.17) is 24.4 Å². The molecule has 1 N–H and O–H groups in total. The molecular weight excluding hydrogens is 627 g/mol. The molecule has 1 unspecified atom stereocenters. The number of halogens is 3. The van der Waals surface area contributed by atoms with Gasteiger partial charge in [-0.3, -0.25) is 19.1 Å². The van der Waals surface area contributed by atoms with Crippen molar-refractivity contribution in [3.8, 4) is 27.9 Å². The Morgan fingerprint density at radius 2 is 1.74 bits per heavy atom. The van der Waals surface area contributed by atoms with Gasteiger partial charge in [-0.25, -0.2) is 9.78 Å². The Hall–Kier alpha value is -4.14. The minimum atomic E-state index is -5.08. The fourth-order valence-corrected chi connectivity index (χ4v) is 6.46. The predicted molar refractivity (Wildman–Crippen MR) is 163 cm³/mol. The summed E-state index contributed by atoms with van der Waals surface area (Å²) in [7, 11) is 1.66. The molecule has 1 aromatic carbocycles. The average Bonchev–Trinajstić information content (AvgIpc) is 3.57. The van der Waals surface area contributed by atoms with Crippen molar-refractivity contribution in [3.05, 3.63) is 40.8 Å². The Morgan fingerprint density at radius 1 is 1.02 bits per heavy atom. The highest BCUT2D eigenvalue weighted by Gasteiger charge is 2.38. The number of imidazole rings is 1. The van der Waals surface area contributed by atoms with Crippen LogP contribution in [-0.4, -0.2) is 92.8 Å². The summed E-state index contributed by atoms with van der Waals surface area (Å²) >= 11 is 1.51. The van der Waals surface area contributed by atoms with E-state index in [-0.39, 0.29) is 23.8 Å². The van der Waals surface area contributed by atoms with Crippen LogP contribution in [0.1, 0.15) is 61.3 Å². The number of rotatable bonds is 6. The molecule has 3 aromatic rings. The van der Waals surface area contributed by atoms with Gasteiger partial charge in [0.05, 0.1) is 35.0 Å². The number of hydrogen-bond donors (Lipinski definition) is 1. The third-order valence-corrected chi connectivity index (χ3v) is 8.97. The number of hydrogen-bond acceptors (Lipinski definition) is 8. The number of amides is 2. The summed E-state index contributed by atoms with van der Waals surface area (Å²) < 4.78 is 45.6. The van der Waals surface area contributed by atoms with Gasteiger partial charge in [-0.15, -0.1) is 11.3 Å². The van der Waals surface area contributed by atoms with E-state index in [9.17, 15) is 22.8 Å². The molecule has 0 bridgehead atoms.